The fraction of sp³-hybridized carbons (Fsp3) is 0.375. The van der Waals surface area contributed by atoms with Crippen molar-refractivity contribution in [1.82, 2.24) is 19.4 Å². The molecule has 21 heavy (non-hydrogen) atoms. The Bertz CT molecular complexity index is 747. The number of nitrogens with zero attached hydrogens (tertiary/aromatic N) is 4. The second-order valence-electron chi connectivity index (χ2n) is 5.39. The first-order chi connectivity index (χ1) is 10.4. The summed E-state index contributed by atoms with van der Waals surface area (Å²) in [6.45, 7) is 4.38. The predicted molar refractivity (Wildman–Crippen MR) is 80.4 cm³/mol. The zero-order chi connectivity index (χ0) is 14.2. The number of rotatable bonds is 3. The SMILES string of the molecule is CCN1CCCC1c1nc2cccnc2n1-c1ccco1. The Kier molecular flexibility index (Phi) is 3.00. The topological polar surface area (TPSA) is 47.1 Å². The van der Waals surface area contributed by atoms with E-state index in [2.05, 4.69) is 21.4 Å². The highest BCUT2D eigenvalue weighted by Crippen LogP contribution is 2.34. The molecule has 0 aliphatic carbocycles. The average molecular weight is 282 g/mol. The molecule has 1 aliphatic heterocycles. The Balaban J connectivity index is 1.94. The second-order valence-corrected chi connectivity index (χ2v) is 5.39. The normalized spacial score (nSPS) is 19.6. The summed E-state index contributed by atoms with van der Waals surface area (Å²) >= 11 is 0. The van der Waals surface area contributed by atoms with E-state index in [-0.39, 0.29) is 0 Å². The molecule has 1 unspecified atom stereocenters. The summed E-state index contributed by atoms with van der Waals surface area (Å²) in [5, 5.41) is 0. The van der Waals surface area contributed by atoms with Gasteiger partial charge in [-0.15, -0.1) is 0 Å². The van der Waals surface area contributed by atoms with Crippen molar-refractivity contribution in [3.05, 3.63) is 42.5 Å². The lowest BCUT2D eigenvalue weighted by atomic mass is 10.2. The summed E-state index contributed by atoms with van der Waals surface area (Å²) in [7, 11) is 0. The lowest BCUT2D eigenvalue weighted by Crippen LogP contribution is -2.25. The van der Waals surface area contributed by atoms with Crippen LogP contribution in [0.2, 0.25) is 0 Å². The number of likely N-dealkylation sites (tertiary alicyclic amines) is 1. The molecule has 1 aliphatic rings. The fourth-order valence-electron chi connectivity index (χ4n) is 3.26. The number of hydrogen-bond acceptors (Lipinski definition) is 4. The van der Waals surface area contributed by atoms with Crippen LogP contribution < -0.4 is 0 Å². The van der Waals surface area contributed by atoms with E-state index >= 15 is 0 Å². The molecule has 3 aromatic rings. The van der Waals surface area contributed by atoms with Gasteiger partial charge >= 0.3 is 0 Å². The van der Waals surface area contributed by atoms with Crippen molar-refractivity contribution in [2.45, 2.75) is 25.8 Å². The lowest BCUT2D eigenvalue weighted by molar-refractivity contribution is 0.259. The highest BCUT2D eigenvalue weighted by atomic mass is 16.3. The first-order valence-electron chi connectivity index (χ1n) is 7.50. The van der Waals surface area contributed by atoms with E-state index in [4.69, 9.17) is 9.40 Å². The van der Waals surface area contributed by atoms with Crippen LogP contribution in [0.1, 0.15) is 31.6 Å². The van der Waals surface area contributed by atoms with Crippen molar-refractivity contribution in [2.24, 2.45) is 0 Å². The van der Waals surface area contributed by atoms with Crippen molar-refractivity contribution in [2.75, 3.05) is 13.1 Å². The first-order valence-corrected chi connectivity index (χ1v) is 7.50. The molecule has 4 heterocycles. The number of fused-ring (bicyclic) bond motifs is 1. The Morgan fingerprint density at radius 1 is 1.33 bits per heavy atom. The minimum Gasteiger partial charge on any atom is -0.448 e. The zero-order valence-electron chi connectivity index (χ0n) is 12.1. The fourth-order valence-corrected chi connectivity index (χ4v) is 3.26. The summed E-state index contributed by atoms with van der Waals surface area (Å²) in [6.07, 6.45) is 5.85. The Hall–Kier alpha value is -2.14. The van der Waals surface area contributed by atoms with Crippen LogP contribution in [-0.2, 0) is 0 Å². The molecule has 0 aromatic carbocycles. The van der Waals surface area contributed by atoms with Gasteiger partial charge in [0.2, 0.25) is 5.88 Å². The lowest BCUT2D eigenvalue weighted by Gasteiger charge is -2.22. The molecule has 108 valence electrons. The highest BCUT2D eigenvalue weighted by Gasteiger charge is 2.30. The maximum Gasteiger partial charge on any atom is 0.206 e. The maximum absolute atomic E-state index is 5.62. The smallest absolute Gasteiger partial charge is 0.206 e. The molecular weight excluding hydrogens is 264 g/mol. The van der Waals surface area contributed by atoms with Crippen LogP contribution in [0, 0.1) is 0 Å². The van der Waals surface area contributed by atoms with Gasteiger partial charge in [0.25, 0.3) is 0 Å². The molecule has 0 N–H and O–H groups in total. The molecule has 0 amide bonds. The van der Waals surface area contributed by atoms with Crippen LogP contribution in [0.15, 0.2) is 41.1 Å². The third-order valence-corrected chi connectivity index (χ3v) is 4.24. The van der Waals surface area contributed by atoms with Gasteiger partial charge < -0.3 is 4.42 Å². The van der Waals surface area contributed by atoms with Crippen LogP contribution in [0.25, 0.3) is 17.0 Å². The van der Waals surface area contributed by atoms with E-state index in [1.54, 1.807) is 12.5 Å². The molecule has 0 saturated carbocycles. The van der Waals surface area contributed by atoms with Gasteiger partial charge in [0.05, 0.1) is 12.3 Å². The second kappa shape index (κ2) is 5.00. The van der Waals surface area contributed by atoms with Crippen LogP contribution in [-0.4, -0.2) is 32.5 Å². The van der Waals surface area contributed by atoms with Crippen LogP contribution in [0.4, 0.5) is 0 Å². The quantitative estimate of drug-likeness (QED) is 0.740. The van der Waals surface area contributed by atoms with E-state index in [0.29, 0.717) is 6.04 Å². The molecule has 1 saturated heterocycles. The summed E-state index contributed by atoms with van der Waals surface area (Å²) in [4.78, 5) is 11.8. The van der Waals surface area contributed by atoms with Crippen LogP contribution in [0.5, 0.6) is 0 Å². The highest BCUT2D eigenvalue weighted by molar-refractivity contribution is 5.73. The van der Waals surface area contributed by atoms with E-state index in [9.17, 15) is 0 Å². The van der Waals surface area contributed by atoms with E-state index in [1.165, 1.54) is 6.42 Å². The van der Waals surface area contributed by atoms with Gasteiger partial charge in [0.15, 0.2) is 5.65 Å². The third kappa shape index (κ3) is 1.96. The molecule has 1 atom stereocenters. The van der Waals surface area contributed by atoms with Crippen molar-refractivity contribution >= 4 is 11.2 Å². The van der Waals surface area contributed by atoms with E-state index in [1.807, 2.05) is 24.3 Å². The van der Waals surface area contributed by atoms with Gasteiger partial charge in [0.1, 0.15) is 11.3 Å². The number of hydrogen-bond donors (Lipinski definition) is 0. The van der Waals surface area contributed by atoms with Crippen molar-refractivity contribution in [1.29, 1.82) is 0 Å². The van der Waals surface area contributed by atoms with E-state index in [0.717, 1.165) is 42.4 Å². The van der Waals surface area contributed by atoms with Gasteiger partial charge in [-0.2, -0.15) is 0 Å². The number of furan rings is 1. The maximum atomic E-state index is 5.62. The molecular formula is C16H18N4O. The van der Waals surface area contributed by atoms with Gasteiger partial charge in [-0.25, -0.2) is 14.5 Å². The van der Waals surface area contributed by atoms with Crippen molar-refractivity contribution < 1.29 is 4.42 Å². The molecule has 3 aromatic heterocycles. The standard InChI is InChI=1S/C16H18N4O/c1-2-19-10-4-7-13(19)16-18-12-6-3-9-17-15(12)20(16)14-8-5-11-21-14/h3,5-6,8-9,11,13H,2,4,7,10H2,1H3. The van der Waals surface area contributed by atoms with Gasteiger partial charge in [-0.1, -0.05) is 6.92 Å². The predicted octanol–water partition coefficient (Wildman–Crippen LogP) is 3.17. The Morgan fingerprint density at radius 2 is 2.29 bits per heavy atom. The van der Waals surface area contributed by atoms with Gasteiger partial charge in [0, 0.05) is 12.3 Å². The molecule has 0 radical (unpaired) electrons. The molecule has 1 fully saturated rings. The largest absolute Gasteiger partial charge is 0.448 e. The number of aromatic nitrogens is 3. The van der Waals surface area contributed by atoms with Crippen LogP contribution in [0.3, 0.4) is 0 Å². The summed E-state index contributed by atoms with van der Waals surface area (Å²) in [5.74, 6) is 1.83. The van der Waals surface area contributed by atoms with Crippen molar-refractivity contribution in [3.8, 4) is 5.88 Å². The Morgan fingerprint density at radius 3 is 3.10 bits per heavy atom. The summed E-state index contributed by atoms with van der Waals surface area (Å²) in [5.41, 5.74) is 1.79. The van der Waals surface area contributed by atoms with Crippen molar-refractivity contribution in [3.63, 3.8) is 0 Å². The van der Waals surface area contributed by atoms with Gasteiger partial charge in [-0.3, -0.25) is 4.90 Å². The summed E-state index contributed by atoms with van der Waals surface area (Å²) < 4.78 is 7.68. The monoisotopic (exact) mass is 282 g/mol. The third-order valence-electron chi connectivity index (χ3n) is 4.24. The molecule has 5 nitrogen and oxygen atoms in total. The zero-order valence-corrected chi connectivity index (χ0v) is 12.1. The molecule has 0 spiro atoms. The minimum absolute atomic E-state index is 0.342. The summed E-state index contributed by atoms with van der Waals surface area (Å²) in [6, 6.07) is 8.15. The number of pyridine rings is 1. The first kappa shape index (κ1) is 12.6. The average Bonchev–Trinajstić information content (AvgIpc) is 3.24. The van der Waals surface area contributed by atoms with E-state index < -0.39 is 0 Å². The number of imidazole rings is 1. The molecule has 5 heteroatoms. The minimum atomic E-state index is 0.342. The van der Waals surface area contributed by atoms with Crippen LogP contribution >= 0.6 is 0 Å². The Labute approximate surface area is 123 Å². The molecule has 0 bridgehead atoms. The molecule has 4 rings (SSSR count). The van der Waals surface area contributed by atoms with Gasteiger partial charge in [-0.05, 0) is 44.1 Å².